The number of Topliss-reactive ketones (excluding diaryl/α,β-unsaturated/α-hetero) is 2. The lowest BCUT2D eigenvalue weighted by atomic mass is 10.0. The molecule has 0 saturated heterocycles. The molecule has 2 heterocycles. The number of esters is 3. The number of ketones is 2. The zero-order chi connectivity index (χ0) is 101. The van der Waals surface area contributed by atoms with Crippen LogP contribution in [0.15, 0.2) is 425 Å². The number of nitrogens with zero attached hydrogens (tertiary/aromatic N) is 2. The number of amides is 3. The molecule has 0 unspecified atom stereocenters. The van der Waals surface area contributed by atoms with Crippen molar-refractivity contribution in [2.45, 2.75) is 32.7 Å². The van der Waals surface area contributed by atoms with Crippen molar-refractivity contribution >= 4 is 77.0 Å². The van der Waals surface area contributed by atoms with E-state index in [2.05, 4.69) is 9.97 Å². The van der Waals surface area contributed by atoms with E-state index < -0.39 is 65.5 Å². The summed E-state index contributed by atoms with van der Waals surface area (Å²) < 4.78 is 31.8. The number of aromatic nitrogens is 2. The third-order valence-electron chi connectivity index (χ3n) is 19.2. The molecule has 0 saturated carbocycles. The molecule has 708 valence electrons. The largest absolute Gasteiger partial charge is 0.489 e. The number of rotatable bonds is 29. The number of hydrogen-bond donors (Lipinski definition) is 8. The van der Waals surface area contributed by atoms with Crippen LogP contribution in [0.4, 0.5) is 0 Å². The molecule has 0 aliphatic heterocycles. The number of ether oxygens (including phenoxy) is 6. The van der Waals surface area contributed by atoms with Crippen molar-refractivity contribution in [2.75, 3.05) is 0 Å². The van der Waals surface area contributed by atoms with Crippen LogP contribution in [0.5, 0.6) is 34.8 Å². The predicted octanol–water partition coefficient (Wildman–Crippen LogP) is 19.3. The summed E-state index contributed by atoms with van der Waals surface area (Å²) in [6.07, 6.45) is 3.02. The van der Waals surface area contributed by atoms with Crippen LogP contribution in [0.25, 0.3) is 0 Å². The Morgan fingerprint density at radius 1 is 0.199 bits per heavy atom. The van der Waals surface area contributed by atoms with E-state index in [1.54, 1.807) is 188 Å². The molecular formula is C112H91N5O24. The van der Waals surface area contributed by atoms with E-state index in [0.717, 1.165) is 39.8 Å². The molecule has 2 aromatic heterocycles. The maximum Gasteiger partial charge on any atom is 0.344 e. The lowest BCUT2D eigenvalue weighted by molar-refractivity contribution is 0.0684. The monoisotopic (exact) mass is 1890 g/mol. The topological polar surface area (TPSA) is 482 Å². The zero-order valence-corrected chi connectivity index (χ0v) is 75.1. The minimum absolute atomic E-state index is 0.0266. The number of carbonyl (C=O) groups excluding carboxylic acids is 8. The molecule has 14 aromatic carbocycles. The third kappa shape index (κ3) is 37.7. The summed E-state index contributed by atoms with van der Waals surface area (Å²) in [7, 11) is 0. The summed E-state index contributed by atoms with van der Waals surface area (Å²) in [6.45, 7) is 1.41. The Hall–Kier alpha value is -19.7. The number of carbonyl (C=O) groups is 13. The van der Waals surface area contributed by atoms with Crippen molar-refractivity contribution in [1.82, 2.24) is 9.97 Å². The van der Waals surface area contributed by atoms with Crippen molar-refractivity contribution in [2.24, 2.45) is 17.2 Å². The minimum Gasteiger partial charge on any atom is -0.489 e. The molecule has 11 N–H and O–H groups in total. The smallest absolute Gasteiger partial charge is 0.344 e. The average molecular weight is 1890 g/mol. The Morgan fingerprint density at radius 2 is 0.418 bits per heavy atom. The fraction of sp³-hybridized carbons (Fsp3) is 0.0446. The van der Waals surface area contributed by atoms with Gasteiger partial charge in [0.05, 0.1) is 44.5 Å². The van der Waals surface area contributed by atoms with Gasteiger partial charge in [-0.2, -0.15) is 0 Å². The summed E-state index contributed by atoms with van der Waals surface area (Å²) >= 11 is 0. The lowest BCUT2D eigenvalue weighted by Crippen LogP contribution is -2.11. The van der Waals surface area contributed by atoms with Gasteiger partial charge < -0.3 is 71.2 Å². The first kappa shape index (κ1) is 105. The number of benzene rings is 14. The fourth-order valence-electron chi connectivity index (χ4n) is 11.7. The van der Waals surface area contributed by atoms with Gasteiger partial charge in [0.2, 0.25) is 29.5 Å². The van der Waals surface area contributed by atoms with Crippen molar-refractivity contribution in [3.8, 4) is 34.8 Å². The van der Waals surface area contributed by atoms with Crippen LogP contribution in [0, 0.1) is 0 Å². The van der Waals surface area contributed by atoms with Gasteiger partial charge in [0.25, 0.3) is 0 Å². The van der Waals surface area contributed by atoms with Crippen LogP contribution in [0.1, 0.15) is 162 Å². The number of hydrogen-bond acceptors (Lipinski definition) is 21. The molecule has 0 radical (unpaired) electrons. The highest BCUT2D eigenvalue weighted by atomic mass is 16.5. The van der Waals surface area contributed by atoms with E-state index in [9.17, 15) is 62.3 Å². The predicted molar refractivity (Wildman–Crippen MR) is 523 cm³/mol. The molecule has 16 aromatic rings. The number of primary amides is 3. The highest BCUT2D eigenvalue weighted by Gasteiger charge is 2.16. The third-order valence-corrected chi connectivity index (χ3v) is 19.2. The van der Waals surface area contributed by atoms with Crippen LogP contribution < -0.4 is 45.6 Å². The van der Waals surface area contributed by atoms with Gasteiger partial charge in [-0.1, -0.05) is 231 Å². The average Bonchev–Trinajstić information content (AvgIpc) is 0.891. The van der Waals surface area contributed by atoms with Crippen molar-refractivity contribution in [3.05, 3.63) is 525 Å². The van der Waals surface area contributed by atoms with Gasteiger partial charge in [0, 0.05) is 65.2 Å². The molecule has 29 nitrogen and oxygen atoms in total. The molecule has 0 fully saturated rings. The van der Waals surface area contributed by atoms with Crippen molar-refractivity contribution < 1.29 is 116 Å². The van der Waals surface area contributed by atoms with E-state index >= 15 is 0 Å². The number of pyridine rings is 2. The second-order valence-corrected chi connectivity index (χ2v) is 29.4. The Bertz CT molecular complexity index is 5900. The molecule has 0 aliphatic carbocycles. The van der Waals surface area contributed by atoms with E-state index in [1.165, 1.54) is 97.2 Å². The van der Waals surface area contributed by atoms with Gasteiger partial charge in [-0.15, -0.1) is 0 Å². The Labute approximate surface area is 808 Å². The standard InChI is InChI=1S/C15H13NO2.C15H12O3.C14H11NO3.C14H13NO2.C14H10O4.C14H12O3.C13H9NO4.C13H11NO3/c16-15(18)13-8-6-11(7-9-13)10-14(17)12-4-2-1-3-5-12;16-14(12-4-2-1-3-5-12)10-11-6-8-13(9-7-11)15(17)18;15-13(16)10-6-8-12(9-7-10)18-14(17)11-4-2-1-3-5-11;15-14(16)12-6-8-13(9-7-12)17-10-11-4-2-1-3-5-11;15-13(16)10-6-8-12(9-7-10)18-14(17)11-4-2-1-3-5-11;15-14(16)12-6-8-13(9-7-12)17-10-11-4-2-1-3-5-11;15-12(16)10-6-7-11(14-8-10)18-13(17)9-4-2-1-3-5-9;15-13(16)11-6-7-12(14-8-11)17-9-10-4-2-1-3-5-10/h1-9H,10H2,(H2,16,18);1-9H,10H2,(H,17,18);1-9H,(H2,15,16);1-9H,10H2,(H2,15,16);1-9H,(H,15,16);1-9H,10H2,(H,15,16);1-8H,(H,15,16);1-8H,9H2,(H,15,16). The quantitative estimate of drug-likeness (QED) is 0.0123. The number of carboxylic acids is 5. The first-order valence-corrected chi connectivity index (χ1v) is 42.6. The molecule has 0 bridgehead atoms. The maximum atomic E-state index is 11.9. The molecule has 0 aliphatic rings. The van der Waals surface area contributed by atoms with Gasteiger partial charge in [0.15, 0.2) is 11.6 Å². The molecular weight excluding hydrogens is 1800 g/mol. The van der Waals surface area contributed by atoms with Crippen LogP contribution in [0.3, 0.4) is 0 Å². The number of aromatic carboxylic acids is 5. The molecule has 141 heavy (non-hydrogen) atoms. The molecule has 0 atom stereocenters. The first-order valence-electron chi connectivity index (χ1n) is 42.6. The van der Waals surface area contributed by atoms with Crippen molar-refractivity contribution in [1.29, 1.82) is 0 Å². The Kier molecular flexibility index (Phi) is 42.0. The van der Waals surface area contributed by atoms with Crippen molar-refractivity contribution in [3.63, 3.8) is 0 Å². The highest BCUT2D eigenvalue weighted by Crippen LogP contribution is 2.22. The number of carboxylic acid groups (broad SMARTS) is 5. The van der Waals surface area contributed by atoms with Gasteiger partial charge in [-0.25, -0.2) is 48.3 Å². The minimum atomic E-state index is -1.08. The summed E-state index contributed by atoms with van der Waals surface area (Å²) in [5, 5.41) is 43.6. The normalized spacial score (nSPS) is 9.87. The van der Waals surface area contributed by atoms with E-state index in [4.69, 9.17) is 71.2 Å². The summed E-state index contributed by atoms with van der Waals surface area (Å²) in [4.78, 5) is 152. The first-order chi connectivity index (χ1) is 68.1. The van der Waals surface area contributed by atoms with Crippen LogP contribution in [0.2, 0.25) is 0 Å². The molecule has 29 heteroatoms. The summed E-state index contributed by atoms with van der Waals surface area (Å²) in [6, 6.07) is 117. The van der Waals surface area contributed by atoms with Gasteiger partial charge in [-0.05, 0) is 198 Å². The van der Waals surface area contributed by atoms with Gasteiger partial charge in [0.1, 0.15) is 42.8 Å². The zero-order valence-electron chi connectivity index (χ0n) is 75.1. The highest BCUT2D eigenvalue weighted by molar-refractivity contribution is 6.00. The maximum absolute atomic E-state index is 11.9. The molecule has 3 amide bonds. The molecule has 16 rings (SSSR count). The summed E-state index contributed by atoms with van der Waals surface area (Å²) in [5.74, 6) is -5.21. The summed E-state index contributed by atoms with van der Waals surface area (Å²) in [5.41, 5.74) is 25.1. The van der Waals surface area contributed by atoms with E-state index in [0.29, 0.717) is 93.9 Å². The second-order valence-electron chi connectivity index (χ2n) is 29.4. The fourth-order valence-corrected chi connectivity index (χ4v) is 11.7. The molecule has 0 spiro atoms. The van der Waals surface area contributed by atoms with Crippen LogP contribution in [-0.4, -0.2) is 113 Å². The second kappa shape index (κ2) is 56.3. The van der Waals surface area contributed by atoms with Crippen LogP contribution in [-0.2, 0) is 32.7 Å². The number of nitrogens with two attached hydrogens (primary N) is 3. The van der Waals surface area contributed by atoms with Gasteiger partial charge >= 0.3 is 47.8 Å². The Morgan fingerprint density at radius 3 is 0.681 bits per heavy atom. The van der Waals surface area contributed by atoms with Gasteiger partial charge in [-0.3, -0.25) is 24.0 Å². The van der Waals surface area contributed by atoms with E-state index in [-0.39, 0.29) is 51.7 Å². The van der Waals surface area contributed by atoms with E-state index in [1.807, 2.05) is 133 Å². The lowest BCUT2D eigenvalue weighted by Gasteiger charge is -2.06. The Balaban J connectivity index is 0.000000180. The van der Waals surface area contributed by atoms with Crippen LogP contribution >= 0.6 is 0 Å². The SMILES string of the molecule is NC(=O)c1ccc(CC(=O)c2ccccc2)cc1.NC(=O)c1ccc(OC(=O)c2ccccc2)cc1.NC(=O)c1ccc(OCc2ccccc2)cc1.O=C(O)c1ccc(CC(=O)c2ccccc2)cc1.O=C(O)c1ccc(OC(=O)c2ccccc2)cc1.O=C(O)c1ccc(OC(=O)c2ccccc2)nc1.O=C(O)c1ccc(OCc2ccccc2)cc1.O=C(O)c1ccc(OCc2ccccc2)nc1.